The number of halogens is 1. The first-order chi connectivity index (χ1) is 15.3. The minimum Gasteiger partial charge on any atom is -0.493 e. The summed E-state index contributed by atoms with van der Waals surface area (Å²) in [4.78, 5) is 12.9. The van der Waals surface area contributed by atoms with Crippen LogP contribution in [0.2, 0.25) is 0 Å². The lowest BCUT2D eigenvalue weighted by Crippen LogP contribution is -2.45. The summed E-state index contributed by atoms with van der Waals surface area (Å²) < 4.78 is 52.4. The van der Waals surface area contributed by atoms with Gasteiger partial charge in [-0.1, -0.05) is 36.4 Å². The Balaban J connectivity index is 1.89. The minimum absolute atomic E-state index is 0.0910. The highest BCUT2D eigenvalue weighted by molar-refractivity contribution is 7.89. The van der Waals surface area contributed by atoms with Crippen molar-refractivity contribution in [2.45, 2.75) is 17.4 Å². The Morgan fingerprint density at radius 2 is 1.66 bits per heavy atom. The predicted molar refractivity (Wildman–Crippen MR) is 119 cm³/mol. The lowest BCUT2D eigenvalue weighted by molar-refractivity contribution is -0.117. The molecular weight excluding hydrogens is 435 g/mol. The summed E-state index contributed by atoms with van der Waals surface area (Å²) in [5.41, 5.74) is 0.972. The van der Waals surface area contributed by atoms with Crippen molar-refractivity contribution in [3.8, 4) is 11.5 Å². The summed E-state index contributed by atoms with van der Waals surface area (Å²) in [5, 5.41) is 2.57. The number of anilines is 1. The van der Waals surface area contributed by atoms with Crippen molar-refractivity contribution in [2.75, 3.05) is 19.5 Å². The van der Waals surface area contributed by atoms with Gasteiger partial charge in [-0.15, -0.1) is 0 Å². The summed E-state index contributed by atoms with van der Waals surface area (Å²) >= 11 is 0. The molecule has 0 radical (unpaired) electrons. The molecule has 0 aliphatic carbocycles. The Morgan fingerprint density at radius 3 is 2.31 bits per heavy atom. The molecule has 2 N–H and O–H groups in total. The Bertz CT molecular complexity index is 1190. The van der Waals surface area contributed by atoms with Crippen LogP contribution in [0.15, 0.2) is 77.7 Å². The molecule has 1 amide bonds. The summed E-state index contributed by atoms with van der Waals surface area (Å²) in [6.07, 6.45) is 0.0918. The highest BCUT2D eigenvalue weighted by Gasteiger charge is 2.27. The Kier molecular flexibility index (Phi) is 7.45. The lowest BCUT2D eigenvalue weighted by Gasteiger charge is -2.19. The van der Waals surface area contributed by atoms with Gasteiger partial charge in [0.2, 0.25) is 15.9 Å². The van der Waals surface area contributed by atoms with Gasteiger partial charge in [-0.05, 0) is 42.3 Å². The molecule has 0 aliphatic heterocycles. The van der Waals surface area contributed by atoms with E-state index in [1.165, 1.54) is 50.6 Å². The highest BCUT2D eigenvalue weighted by Crippen LogP contribution is 2.29. The summed E-state index contributed by atoms with van der Waals surface area (Å²) in [6, 6.07) is 17.3. The monoisotopic (exact) mass is 458 g/mol. The van der Waals surface area contributed by atoms with Crippen molar-refractivity contribution in [2.24, 2.45) is 0 Å². The van der Waals surface area contributed by atoms with Crippen LogP contribution in [0, 0.1) is 5.82 Å². The fourth-order valence-corrected chi connectivity index (χ4v) is 4.28. The van der Waals surface area contributed by atoms with Crippen LogP contribution in [0.25, 0.3) is 0 Å². The van der Waals surface area contributed by atoms with E-state index in [0.29, 0.717) is 5.75 Å². The van der Waals surface area contributed by atoms with E-state index in [-0.39, 0.29) is 22.8 Å². The number of ether oxygens (including phenoxy) is 2. The standard InChI is InChI=1S/C23H23FN2O5S/c1-30-21-12-11-19(15-22(21)31-2)32(28,29)26-20(13-16-7-4-3-5-8-16)23(27)25-18-10-6-9-17(24)14-18/h3-12,14-15,20,26H,13H2,1-2H3,(H,25,27)/t20-/m0/s1. The van der Waals surface area contributed by atoms with Gasteiger partial charge in [-0.25, -0.2) is 12.8 Å². The Morgan fingerprint density at radius 1 is 0.938 bits per heavy atom. The van der Waals surface area contributed by atoms with Crippen LogP contribution in [-0.4, -0.2) is 34.6 Å². The molecule has 0 saturated carbocycles. The zero-order valence-corrected chi connectivity index (χ0v) is 18.4. The molecule has 7 nitrogen and oxygen atoms in total. The zero-order chi connectivity index (χ0) is 23.1. The second kappa shape index (κ2) is 10.3. The van der Waals surface area contributed by atoms with Gasteiger partial charge in [0.25, 0.3) is 0 Å². The van der Waals surface area contributed by atoms with Crippen molar-refractivity contribution in [3.63, 3.8) is 0 Å². The number of methoxy groups -OCH3 is 2. The van der Waals surface area contributed by atoms with Gasteiger partial charge in [0, 0.05) is 11.8 Å². The summed E-state index contributed by atoms with van der Waals surface area (Å²) in [6.45, 7) is 0. The van der Waals surface area contributed by atoms with Crippen LogP contribution in [0.1, 0.15) is 5.56 Å². The summed E-state index contributed by atoms with van der Waals surface area (Å²) in [7, 11) is -1.27. The molecule has 3 rings (SSSR count). The Hall–Kier alpha value is -3.43. The lowest BCUT2D eigenvalue weighted by atomic mass is 10.1. The van der Waals surface area contributed by atoms with Gasteiger partial charge < -0.3 is 14.8 Å². The number of rotatable bonds is 9. The van der Waals surface area contributed by atoms with Crippen LogP contribution < -0.4 is 19.5 Å². The van der Waals surface area contributed by atoms with Crippen molar-refractivity contribution in [1.82, 2.24) is 4.72 Å². The third-order valence-electron chi connectivity index (χ3n) is 4.65. The third-order valence-corrected chi connectivity index (χ3v) is 6.12. The van der Waals surface area contributed by atoms with Gasteiger partial charge in [0.1, 0.15) is 11.9 Å². The van der Waals surface area contributed by atoms with E-state index >= 15 is 0 Å². The van der Waals surface area contributed by atoms with Gasteiger partial charge in [-0.3, -0.25) is 4.79 Å². The first-order valence-corrected chi connectivity index (χ1v) is 11.2. The number of carbonyl (C=O) groups excluding carboxylic acids is 1. The smallest absolute Gasteiger partial charge is 0.242 e. The van der Waals surface area contributed by atoms with E-state index < -0.39 is 27.8 Å². The number of hydrogen-bond acceptors (Lipinski definition) is 5. The number of nitrogens with one attached hydrogen (secondary N) is 2. The van der Waals surface area contributed by atoms with Gasteiger partial charge in [0.15, 0.2) is 11.5 Å². The average molecular weight is 459 g/mol. The van der Waals surface area contributed by atoms with Crippen LogP contribution in [-0.2, 0) is 21.2 Å². The number of hydrogen-bond donors (Lipinski definition) is 2. The van der Waals surface area contributed by atoms with E-state index in [2.05, 4.69) is 10.0 Å². The minimum atomic E-state index is -4.10. The number of amides is 1. The average Bonchev–Trinajstić information content (AvgIpc) is 2.78. The number of benzene rings is 3. The molecule has 3 aromatic carbocycles. The molecule has 0 heterocycles. The van der Waals surface area contributed by atoms with Crippen molar-refractivity contribution >= 4 is 21.6 Å². The molecular formula is C23H23FN2O5S. The summed E-state index contributed by atoms with van der Waals surface area (Å²) in [5.74, 6) is -0.535. The number of carbonyl (C=O) groups is 1. The molecule has 0 unspecified atom stereocenters. The van der Waals surface area contributed by atoms with Crippen LogP contribution in [0.4, 0.5) is 10.1 Å². The first kappa shape index (κ1) is 23.2. The molecule has 0 aliphatic rings. The second-order valence-electron chi connectivity index (χ2n) is 6.88. The molecule has 32 heavy (non-hydrogen) atoms. The molecule has 3 aromatic rings. The molecule has 0 saturated heterocycles. The second-order valence-corrected chi connectivity index (χ2v) is 8.59. The quantitative estimate of drug-likeness (QED) is 0.513. The molecule has 0 bridgehead atoms. The predicted octanol–water partition coefficient (Wildman–Crippen LogP) is 3.37. The number of sulfonamides is 1. The van der Waals surface area contributed by atoms with Crippen molar-refractivity contribution in [1.29, 1.82) is 0 Å². The SMILES string of the molecule is COc1ccc(S(=O)(=O)N[C@@H](Cc2ccccc2)C(=O)Nc2cccc(F)c2)cc1OC. The van der Waals surface area contributed by atoms with Crippen LogP contribution >= 0.6 is 0 Å². The third kappa shape index (κ3) is 5.83. The van der Waals surface area contributed by atoms with Gasteiger partial charge in [-0.2, -0.15) is 4.72 Å². The van der Waals surface area contributed by atoms with E-state index in [0.717, 1.165) is 11.6 Å². The van der Waals surface area contributed by atoms with E-state index in [4.69, 9.17) is 9.47 Å². The topological polar surface area (TPSA) is 93.7 Å². The molecule has 0 aromatic heterocycles. The Labute approximate surface area is 186 Å². The maximum atomic E-state index is 13.5. The van der Waals surface area contributed by atoms with E-state index in [9.17, 15) is 17.6 Å². The molecule has 0 fully saturated rings. The zero-order valence-electron chi connectivity index (χ0n) is 17.5. The largest absolute Gasteiger partial charge is 0.493 e. The first-order valence-electron chi connectivity index (χ1n) is 9.67. The van der Waals surface area contributed by atoms with E-state index in [1.807, 2.05) is 6.07 Å². The van der Waals surface area contributed by atoms with Crippen molar-refractivity contribution in [3.05, 3.63) is 84.2 Å². The molecule has 9 heteroatoms. The van der Waals surface area contributed by atoms with Crippen molar-refractivity contribution < 1.29 is 27.1 Å². The van der Waals surface area contributed by atoms with Gasteiger partial charge >= 0.3 is 0 Å². The molecule has 0 spiro atoms. The maximum Gasteiger partial charge on any atom is 0.242 e. The molecule has 168 valence electrons. The van der Waals surface area contributed by atoms with Crippen LogP contribution in [0.5, 0.6) is 11.5 Å². The highest BCUT2D eigenvalue weighted by atomic mass is 32.2. The fraction of sp³-hybridized carbons (Fsp3) is 0.174. The molecule has 1 atom stereocenters. The maximum absolute atomic E-state index is 13.5. The van der Waals surface area contributed by atoms with Crippen LogP contribution in [0.3, 0.4) is 0 Å². The van der Waals surface area contributed by atoms with E-state index in [1.54, 1.807) is 24.3 Å². The van der Waals surface area contributed by atoms with Gasteiger partial charge in [0.05, 0.1) is 19.1 Å². The normalized spacial score (nSPS) is 12.1. The fourth-order valence-electron chi connectivity index (χ4n) is 3.07.